The second-order valence-electron chi connectivity index (χ2n) is 9.94. The number of amides is 1. The Hall–Kier alpha value is -6.53. The third-order valence-corrected chi connectivity index (χ3v) is 6.19. The maximum atomic E-state index is 11.6. The molecule has 3 heterocycles. The molecule has 268 valence electrons. The summed E-state index contributed by atoms with van der Waals surface area (Å²) in [6, 6.07) is 0. The molecule has 1 amide bonds. The second kappa shape index (κ2) is 21.4. The minimum atomic E-state index is -0.724. The number of H-pyrrole nitrogens is 4. The zero-order valence-electron chi connectivity index (χ0n) is 26.9. The van der Waals surface area contributed by atoms with Crippen LogP contribution in [0.4, 0.5) is 0 Å². The van der Waals surface area contributed by atoms with E-state index in [9.17, 15) is 43.2 Å². The highest BCUT2D eigenvalue weighted by atomic mass is 16.5. The van der Waals surface area contributed by atoms with Crippen LogP contribution < -0.4 is 33.1 Å². The van der Waals surface area contributed by atoms with Crippen LogP contribution in [0.15, 0.2) is 80.0 Å². The van der Waals surface area contributed by atoms with Gasteiger partial charge in [0.1, 0.15) is 5.82 Å². The molecule has 50 heavy (non-hydrogen) atoms. The first kappa shape index (κ1) is 39.6. The molecule has 0 saturated carbocycles. The molecule has 0 unspecified atom stereocenters. The summed E-state index contributed by atoms with van der Waals surface area (Å²) in [7, 11) is 1.19. The molecule has 1 aliphatic rings. The molecule has 6 N–H and O–H groups in total. The highest BCUT2D eigenvalue weighted by Gasteiger charge is 2.14. The first-order chi connectivity index (χ1) is 23.9. The van der Waals surface area contributed by atoms with Crippen molar-refractivity contribution in [3.05, 3.63) is 114 Å². The quantitative estimate of drug-likeness (QED) is 0.0517. The molecule has 3 rings (SSSR count). The Kier molecular flexibility index (Phi) is 16.9. The van der Waals surface area contributed by atoms with Gasteiger partial charge in [-0.15, -0.1) is 0 Å². The smallest absolute Gasteiger partial charge is 0.331 e. The van der Waals surface area contributed by atoms with Crippen molar-refractivity contribution in [1.82, 2.24) is 30.6 Å². The summed E-state index contributed by atoms with van der Waals surface area (Å²) in [6.45, 7) is 3.77. The van der Waals surface area contributed by atoms with Gasteiger partial charge >= 0.3 is 35.3 Å². The van der Waals surface area contributed by atoms with Gasteiger partial charge in [-0.25, -0.2) is 28.8 Å². The van der Waals surface area contributed by atoms with E-state index in [-0.39, 0.29) is 25.7 Å². The molecule has 19 nitrogen and oxygen atoms in total. The molecule has 0 fully saturated rings. The lowest BCUT2D eigenvalue weighted by Crippen LogP contribution is -2.35. The summed E-state index contributed by atoms with van der Waals surface area (Å²) in [5.74, 6) is -2.61. The van der Waals surface area contributed by atoms with Gasteiger partial charge in [-0.05, 0) is 38.5 Å². The monoisotopic (exact) mass is 700 g/mol. The number of methoxy groups -OCH3 is 1. The maximum Gasteiger partial charge on any atom is 0.331 e. The molecule has 2 aromatic rings. The second-order valence-corrected chi connectivity index (χ2v) is 9.94. The number of rotatable bonds is 16. The van der Waals surface area contributed by atoms with Crippen LogP contribution >= 0.6 is 0 Å². The number of hydrogen-bond acceptors (Lipinski definition) is 14. The zero-order valence-corrected chi connectivity index (χ0v) is 26.9. The van der Waals surface area contributed by atoms with Gasteiger partial charge in [-0.1, -0.05) is 6.58 Å². The Bertz CT molecular complexity index is 1860. The topological polar surface area (TPSA) is 278 Å². The highest BCUT2D eigenvalue weighted by Crippen LogP contribution is 2.08. The highest BCUT2D eigenvalue weighted by molar-refractivity contribution is 5.95. The van der Waals surface area contributed by atoms with Crippen LogP contribution in [0.25, 0.3) is 0 Å². The van der Waals surface area contributed by atoms with Crippen molar-refractivity contribution in [2.24, 2.45) is 0 Å². The van der Waals surface area contributed by atoms with E-state index in [0.29, 0.717) is 61.0 Å². The zero-order chi connectivity index (χ0) is 36.9. The number of carbonyl (C=O) groups is 5. The van der Waals surface area contributed by atoms with Crippen LogP contribution in [-0.4, -0.2) is 76.7 Å². The van der Waals surface area contributed by atoms with Crippen LogP contribution in [0.5, 0.6) is 0 Å². The van der Waals surface area contributed by atoms with E-state index < -0.39 is 46.4 Å². The molecule has 1 aliphatic heterocycles. The summed E-state index contributed by atoms with van der Waals surface area (Å²) in [5, 5.41) is 5.32. The van der Waals surface area contributed by atoms with Gasteiger partial charge in [0.25, 0.3) is 17.0 Å². The molecule has 0 saturated heterocycles. The lowest BCUT2D eigenvalue weighted by molar-refractivity contribution is -0.140. The standard InChI is InChI=1S/C19H22N4O7.C12H14N2O6/c1-12-20-10-13(17(26)22-12)4-2-8-29-15(24)6-7-16(25)30-9-3-5-14-11-21-19(28)23-18(14)27;1-19-9(15)4-5-10(16)20-6-2-3-8-7-13-12(18)14-11(8)17/h6-7,10-11,20H,1-5,8-9H2,(H,22,26)(H2,21,23,27,28);4-5,7H,2-3,6H2,1H3,(H2,13,14,17,18)/b7-6+;5-4+. The van der Waals surface area contributed by atoms with Crippen molar-refractivity contribution in [3.8, 4) is 0 Å². The van der Waals surface area contributed by atoms with Crippen molar-refractivity contribution in [2.45, 2.75) is 38.5 Å². The van der Waals surface area contributed by atoms with Crippen molar-refractivity contribution < 1.29 is 42.9 Å². The number of aromatic nitrogens is 4. The Balaban J connectivity index is 0.000000377. The van der Waals surface area contributed by atoms with Gasteiger partial charge < -0.3 is 39.5 Å². The van der Waals surface area contributed by atoms with Crippen LogP contribution in [0.1, 0.15) is 36.8 Å². The summed E-state index contributed by atoms with van der Waals surface area (Å²) in [6.07, 6.45) is 10.3. The van der Waals surface area contributed by atoms with E-state index in [1.165, 1.54) is 19.5 Å². The molecule has 0 atom stereocenters. The average Bonchev–Trinajstić information content (AvgIpc) is 3.07. The number of hydrogen-bond donors (Lipinski definition) is 6. The van der Waals surface area contributed by atoms with E-state index in [1.807, 2.05) is 0 Å². The van der Waals surface area contributed by atoms with Gasteiger partial charge in [-0.3, -0.25) is 24.4 Å². The fraction of sp³-hybridized carbons (Fsp3) is 0.323. The predicted molar refractivity (Wildman–Crippen MR) is 173 cm³/mol. The van der Waals surface area contributed by atoms with Crippen LogP contribution in [0.2, 0.25) is 0 Å². The van der Waals surface area contributed by atoms with E-state index >= 15 is 0 Å². The van der Waals surface area contributed by atoms with Gasteiger partial charge in [-0.2, -0.15) is 0 Å². The first-order valence-corrected chi connectivity index (χ1v) is 14.9. The fourth-order valence-corrected chi connectivity index (χ4v) is 3.72. The van der Waals surface area contributed by atoms with Crippen molar-refractivity contribution in [1.29, 1.82) is 0 Å². The number of aromatic amines is 4. The first-order valence-electron chi connectivity index (χ1n) is 14.9. The third-order valence-electron chi connectivity index (χ3n) is 6.19. The molecule has 2 aromatic heterocycles. The normalized spacial score (nSPS) is 12.2. The van der Waals surface area contributed by atoms with Crippen molar-refractivity contribution in [2.75, 3.05) is 26.9 Å². The van der Waals surface area contributed by atoms with Crippen LogP contribution in [0, 0.1) is 0 Å². The molecule has 0 spiro atoms. The number of esters is 4. The molecule has 0 aromatic carbocycles. The lowest BCUT2D eigenvalue weighted by atomic mass is 10.1. The third kappa shape index (κ3) is 15.8. The molecule has 19 heteroatoms. The lowest BCUT2D eigenvalue weighted by Gasteiger charge is -2.16. The van der Waals surface area contributed by atoms with Gasteiger partial charge in [0.05, 0.1) is 26.9 Å². The Labute approximate surface area is 282 Å². The largest absolute Gasteiger partial charge is 0.466 e. The van der Waals surface area contributed by atoms with Gasteiger partial charge in [0.2, 0.25) is 0 Å². The number of nitrogens with one attached hydrogen (secondary N) is 6. The Morgan fingerprint density at radius 2 is 1.08 bits per heavy atom. The minimum Gasteiger partial charge on any atom is -0.466 e. The van der Waals surface area contributed by atoms with E-state index in [4.69, 9.17) is 14.2 Å². The predicted octanol–water partition coefficient (Wildman–Crippen LogP) is -1.24. The Morgan fingerprint density at radius 3 is 1.48 bits per heavy atom. The van der Waals surface area contributed by atoms with Crippen molar-refractivity contribution >= 4 is 29.8 Å². The summed E-state index contributed by atoms with van der Waals surface area (Å²) in [4.78, 5) is 110. The van der Waals surface area contributed by atoms with E-state index in [2.05, 4.69) is 41.9 Å². The molecular formula is C31H36N6O13. The minimum absolute atomic E-state index is 0.0361. The van der Waals surface area contributed by atoms with Gasteiger partial charge in [0.15, 0.2) is 0 Å². The van der Waals surface area contributed by atoms with Crippen LogP contribution in [-0.2, 0) is 55.8 Å². The summed E-state index contributed by atoms with van der Waals surface area (Å²) in [5.41, 5.74) is -0.843. The molecule has 0 radical (unpaired) electrons. The maximum absolute atomic E-state index is 11.6. The molecular weight excluding hydrogens is 664 g/mol. The SMILES string of the molecule is C=C1NC=C(CCCOC(=O)/C=C/C(=O)OCCCc2c[nH]c(=O)[nH]c2=O)C(=O)N1.COC(=O)/C=C/C(=O)OCCCc1c[nH]c(=O)[nH]c1=O. The van der Waals surface area contributed by atoms with E-state index in [0.717, 1.165) is 24.3 Å². The fourth-order valence-electron chi connectivity index (χ4n) is 3.72. The molecule has 0 aliphatic carbocycles. The summed E-state index contributed by atoms with van der Waals surface area (Å²) < 4.78 is 19.0. The van der Waals surface area contributed by atoms with Crippen LogP contribution in [0.3, 0.4) is 0 Å². The average molecular weight is 701 g/mol. The Morgan fingerprint density at radius 1 is 0.660 bits per heavy atom. The van der Waals surface area contributed by atoms with E-state index in [1.54, 1.807) is 6.20 Å². The van der Waals surface area contributed by atoms with Gasteiger partial charge in [0, 0.05) is 59.6 Å². The summed E-state index contributed by atoms with van der Waals surface area (Å²) >= 11 is 0. The number of aryl methyl sites for hydroxylation is 2. The van der Waals surface area contributed by atoms with Crippen molar-refractivity contribution in [3.63, 3.8) is 0 Å². The number of ether oxygens (including phenoxy) is 4. The molecule has 0 bridgehead atoms. The number of carbonyl (C=O) groups excluding carboxylic acids is 5.